The molecule has 0 amide bonds. The van der Waals surface area contributed by atoms with Crippen LogP contribution in [0.15, 0.2) is 18.2 Å². The first-order valence-electron chi connectivity index (χ1n) is 6.11. The summed E-state index contributed by atoms with van der Waals surface area (Å²) in [4.78, 5) is 10.5. The van der Waals surface area contributed by atoms with Crippen LogP contribution in [0.5, 0.6) is 5.75 Å². The fourth-order valence-electron chi connectivity index (χ4n) is 1.69. The summed E-state index contributed by atoms with van der Waals surface area (Å²) in [5.74, 6) is 0.154. The van der Waals surface area contributed by atoms with Gasteiger partial charge in [-0.1, -0.05) is 47.4 Å². The topological polar surface area (TPSA) is 52.4 Å². The van der Waals surface area contributed by atoms with Crippen LogP contribution in [0, 0.1) is 15.5 Å². The lowest BCUT2D eigenvalue weighted by atomic mass is 9.86. The quantitative estimate of drug-likeness (QED) is 0.402. The molecular weight excluding hydrogens is 334 g/mol. The van der Waals surface area contributed by atoms with Crippen LogP contribution in [0.3, 0.4) is 0 Å². The third-order valence-electron chi connectivity index (χ3n) is 3.45. The summed E-state index contributed by atoms with van der Waals surface area (Å²) in [6.45, 7) is 4.56. The first-order chi connectivity index (χ1) is 8.99. The number of hydrogen-bond donors (Lipinski definition) is 0. The maximum Gasteiger partial charge on any atom is 0.312 e. The number of para-hydroxylation sites is 1. The van der Waals surface area contributed by atoms with Gasteiger partial charge in [0.05, 0.1) is 16.6 Å². The predicted octanol–water partition coefficient (Wildman–Crippen LogP) is 4.83. The van der Waals surface area contributed by atoms with E-state index in [2.05, 4.69) is 29.8 Å². The molecule has 0 aliphatic rings. The average molecular weight is 351 g/mol. The number of nitrogens with zero attached hydrogens (tertiary/aromatic N) is 1. The molecule has 0 aliphatic heterocycles. The van der Waals surface area contributed by atoms with Crippen molar-refractivity contribution < 1.29 is 9.66 Å². The van der Waals surface area contributed by atoms with Crippen molar-refractivity contribution in [3.63, 3.8) is 0 Å². The zero-order chi connectivity index (χ0) is 14.5. The maximum absolute atomic E-state index is 11.0. The van der Waals surface area contributed by atoms with Crippen LogP contribution in [0.4, 0.5) is 5.69 Å². The number of benzene rings is 1. The molecule has 0 heterocycles. The van der Waals surface area contributed by atoms with E-state index in [1.807, 2.05) is 0 Å². The Morgan fingerprint density at radius 1 is 1.42 bits per heavy atom. The number of halogens is 2. The van der Waals surface area contributed by atoms with Crippen molar-refractivity contribution in [2.24, 2.45) is 5.41 Å². The molecule has 0 aliphatic carbocycles. The van der Waals surface area contributed by atoms with Gasteiger partial charge in [-0.2, -0.15) is 0 Å². The van der Waals surface area contributed by atoms with Crippen molar-refractivity contribution in [2.75, 3.05) is 11.9 Å². The third kappa shape index (κ3) is 3.83. The number of rotatable bonds is 7. The van der Waals surface area contributed by atoms with Gasteiger partial charge in [0.1, 0.15) is 0 Å². The third-order valence-corrected chi connectivity index (χ3v) is 4.94. The second kappa shape index (κ2) is 7.10. The van der Waals surface area contributed by atoms with Crippen LogP contribution in [-0.4, -0.2) is 16.9 Å². The fourth-order valence-corrected chi connectivity index (χ4v) is 2.87. The molecule has 0 fully saturated rings. The van der Waals surface area contributed by atoms with Gasteiger partial charge in [-0.15, -0.1) is 0 Å². The Balaban J connectivity index is 2.97. The largest absolute Gasteiger partial charge is 0.485 e. The second-order valence-electron chi connectivity index (χ2n) is 4.47. The van der Waals surface area contributed by atoms with Gasteiger partial charge in [0, 0.05) is 16.8 Å². The van der Waals surface area contributed by atoms with E-state index >= 15 is 0 Å². The molecule has 106 valence electrons. The number of ether oxygens (including phenoxy) is 1. The van der Waals surface area contributed by atoms with Gasteiger partial charge in [-0.25, -0.2) is 0 Å². The fraction of sp³-hybridized carbons (Fsp3) is 0.538. The van der Waals surface area contributed by atoms with Crippen molar-refractivity contribution in [2.45, 2.75) is 26.7 Å². The molecule has 0 saturated heterocycles. The Hall–Kier alpha value is -0.810. The van der Waals surface area contributed by atoms with Crippen LogP contribution in [0.25, 0.3) is 0 Å². The highest BCUT2D eigenvalue weighted by Crippen LogP contribution is 2.37. The minimum atomic E-state index is -0.477. The molecule has 0 radical (unpaired) electrons. The van der Waals surface area contributed by atoms with Crippen LogP contribution in [0.2, 0.25) is 5.02 Å². The molecule has 0 unspecified atom stereocenters. The lowest BCUT2D eigenvalue weighted by molar-refractivity contribution is -0.385. The molecule has 1 aromatic carbocycles. The molecule has 1 rings (SSSR count). The van der Waals surface area contributed by atoms with Crippen molar-refractivity contribution in [3.05, 3.63) is 33.3 Å². The maximum atomic E-state index is 11.0. The summed E-state index contributed by atoms with van der Waals surface area (Å²) in [7, 11) is 0. The van der Waals surface area contributed by atoms with E-state index < -0.39 is 4.92 Å². The van der Waals surface area contributed by atoms with Crippen molar-refractivity contribution >= 4 is 33.2 Å². The molecule has 6 heteroatoms. The number of nitro benzene ring substituents is 1. The van der Waals surface area contributed by atoms with Gasteiger partial charge < -0.3 is 4.74 Å². The first-order valence-corrected chi connectivity index (χ1v) is 7.61. The van der Waals surface area contributed by atoms with Crippen molar-refractivity contribution in [3.8, 4) is 5.75 Å². The van der Waals surface area contributed by atoms with E-state index in [9.17, 15) is 10.1 Å². The summed E-state index contributed by atoms with van der Waals surface area (Å²) in [5, 5.41) is 12.0. The first kappa shape index (κ1) is 16.2. The molecule has 0 bridgehead atoms. The van der Waals surface area contributed by atoms with Gasteiger partial charge in [-0.3, -0.25) is 10.1 Å². The van der Waals surface area contributed by atoms with Crippen molar-refractivity contribution in [1.29, 1.82) is 0 Å². The van der Waals surface area contributed by atoms with Crippen LogP contribution >= 0.6 is 27.5 Å². The molecule has 0 atom stereocenters. The summed E-state index contributed by atoms with van der Waals surface area (Å²) in [5.41, 5.74) is -0.129. The van der Waals surface area contributed by atoms with E-state index in [0.29, 0.717) is 6.61 Å². The summed E-state index contributed by atoms with van der Waals surface area (Å²) < 4.78 is 5.66. The molecule has 19 heavy (non-hydrogen) atoms. The molecule has 1 aromatic rings. The Morgan fingerprint density at radius 3 is 2.53 bits per heavy atom. The van der Waals surface area contributed by atoms with Gasteiger partial charge in [0.15, 0.2) is 0 Å². The summed E-state index contributed by atoms with van der Waals surface area (Å²) in [6.07, 6.45) is 1.85. The zero-order valence-corrected chi connectivity index (χ0v) is 13.3. The molecular formula is C13H17BrClNO3. The van der Waals surface area contributed by atoms with E-state index in [1.54, 1.807) is 12.1 Å². The van der Waals surface area contributed by atoms with Crippen LogP contribution in [0.1, 0.15) is 26.7 Å². The lowest BCUT2D eigenvalue weighted by Crippen LogP contribution is -2.29. The standard InChI is InChI=1S/C13H17BrClNO3/c1-3-13(4-2,8-14)9-19-12-10(15)6-5-7-11(12)16(17)18/h5-7H,3-4,8-9H2,1-2H3. The highest BCUT2D eigenvalue weighted by molar-refractivity contribution is 9.09. The van der Waals surface area contributed by atoms with Gasteiger partial charge in [0.25, 0.3) is 0 Å². The minimum Gasteiger partial charge on any atom is -0.485 e. The average Bonchev–Trinajstić information content (AvgIpc) is 2.42. The minimum absolute atomic E-state index is 0.0347. The molecule has 0 saturated carbocycles. The number of alkyl halides is 1. The van der Waals surface area contributed by atoms with Crippen LogP contribution in [-0.2, 0) is 0 Å². The predicted molar refractivity (Wildman–Crippen MR) is 80.4 cm³/mol. The number of nitro groups is 1. The summed E-state index contributed by atoms with van der Waals surface area (Å²) in [6, 6.07) is 4.54. The molecule has 0 aromatic heterocycles. The van der Waals surface area contributed by atoms with E-state index in [1.165, 1.54) is 6.07 Å². The van der Waals surface area contributed by atoms with E-state index in [-0.39, 0.29) is 21.9 Å². The van der Waals surface area contributed by atoms with Gasteiger partial charge >= 0.3 is 5.69 Å². The highest BCUT2D eigenvalue weighted by Gasteiger charge is 2.28. The number of hydrogen-bond acceptors (Lipinski definition) is 3. The zero-order valence-electron chi connectivity index (χ0n) is 11.0. The van der Waals surface area contributed by atoms with E-state index in [0.717, 1.165) is 18.2 Å². The van der Waals surface area contributed by atoms with Crippen LogP contribution < -0.4 is 4.74 Å². The molecule has 0 N–H and O–H groups in total. The lowest BCUT2D eigenvalue weighted by Gasteiger charge is -2.29. The monoisotopic (exact) mass is 349 g/mol. The smallest absolute Gasteiger partial charge is 0.312 e. The normalized spacial score (nSPS) is 11.4. The molecule has 0 spiro atoms. The SMILES string of the molecule is CCC(CC)(CBr)COc1c(Cl)cccc1[N+](=O)[O-]. The van der Waals surface area contributed by atoms with Gasteiger partial charge in [-0.05, 0) is 18.9 Å². The van der Waals surface area contributed by atoms with Gasteiger partial charge in [0.2, 0.25) is 5.75 Å². The second-order valence-corrected chi connectivity index (χ2v) is 5.44. The Labute approximate surface area is 126 Å². The van der Waals surface area contributed by atoms with E-state index in [4.69, 9.17) is 16.3 Å². The van der Waals surface area contributed by atoms with Crippen molar-refractivity contribution in [1.82, 2.24) is 0 Å². The Kier molecular flexibility index (Phi) is 6.07. The summed E-state index contributed by atoms with van der Waals surface area (Å²) >= 11 is 9.48. The Morgan fingerprint density at radius 2 is 2.05 bits per heavy atom. The highest BCUT2D eigenvalue weighted by atomic mass is 79.9. The Bertz CT molecular complexity index is 441. The molecule has 4 nitrogen and oxygen atoms in total.